The Morgan fingerprint density at radius 3 is 1.35 bits per heavy atom. The first kappa shape index (κ1) is 17.1. The normalized spacial score (nSPS) is 12.4. The maximum Gasteiger partial charge on any atom is 0.599 e. The van der Waals surface area contributed by atoms with Crippen LogP contribution >= 0.6 is 0 Å². The third-order valence-electron chi connectivity index (χ3n) is 2.41. The summed E-state index contributed by atoms with van der Waals surface area (Å²) in [6, 6.07) is 0. The average molecular weight is 263 g/mol. The molecule has 0 aliphatic carbocycles. The molecule has 4 nitrogen and oxygen atoms in total. The first-order chi connectivity index (χ1) is 8.16. The van der Waals surface area contributed by atoms with Crippen molar-refractivity contribution in [3.8, 4) is 0 Å². The summed E-state index contributed by atoms with van der Waals surface area (Å²) in [7, 11) is -0.607. The van der Waals surface area contributed by atoms with Gasteiger partial charge in [0, 0.05) is 19.8 Å². The smallest absolute Gasteiger partial charge is 0.361 e. The van der Waals surface area contributed by atoms with Gasteiger partial charge in [-0.3, -0.25) is 4.57 Å². The predicted molar refractivity (Wildman–Crippen MR) is 72.8 cm³/mol. The Balaban J connectivity index is 4.63. The van der Waals surface area contributed by atoms with Gasteiger partial charge in [-0.2, -0.15) is 0 Å². The van der Waals surface area contributed by atoms with E-state index in [1.54, 1.807) is 0 Å². The van der Waals surface area contributed by atoms with Crippen molar-refractivity contribution in [2.45, 2.75) is 47.0 Å². The van der Waals surface area contributed by atoms with Crippen LogP contribution in [0.1, 0.15) is 47.0 Å². The molecule has 0 aromatic rings. The minimum Gasteiger partial charge on any atom is -0.361 e. The van der Waals surface area contributed by atoms with E-state index in [2.05, 4.69) is 32.3 Å². The van der Waals surface area contributed by atoms with Crippen LogP contribution in [0.2, 0.25) is 0 Å². The van der Waals surface area contributed by atoms with Crippen LogP contribution in [-0.2, 0) is 13.3 Å². The molecule has 0 amide bonds. The lowest BCUT2D eigenvalue weighted by Gasteiger charge is -2.35. The summed E-state index contributed by atoms with van der Waals surface area (Å²) < 4.78 is 20.0. The molecule has 0 bridgehead atoms. The van der Waals surface area contributed by atoms with E-state index in [4.69, 9.17) is 13.3 Å². The molecule has 0 aromatic carbocycles. The van der Waals surface area contributed by atoms with Gasteiger partial charge in [-0.25, -0.2) is 0 Å². The standard InChI is InChI=1S/C12H29NO3Si/c1-6-10-14-17(13(5)9-4,15-11-7-2)16-12-8-3/h6-12H2,1-5H3. The van der Waals surface area contributed by atoms with E-state index < -0.39 is 8.97 Å². The zero-order valence-electron chi connectivity index (χ0n) is 12.1. The Kier molecular flexibility index (Phi) is 10.1. The highest BCUT2D eigenvalue weighted by Gasteiger charge is 2.46. The summed E-state index contributed by atoms with van der Waals surface area (Å²) in [6.45, 7) is 11.4. The fraction of sp³-hybridized carbons (Fsp3) is 1.00. The number of hydrogen-bond donors (Lipinski definition) is 0. The minimum atomic E-state index is -2.63. The molecule has 0 N–H and O–H groups in total. The Morgan fingerprint density at radius 2 is 1.12 bits per heavy atom. The first-order valence-corrected chi connectivity index (χ1v) is 8.47. The topological polar surface area (TPSA) is 30.9 Å². The van der Waals surface area contributed by atoms with Gasteiger partial charge in [0.05, 0.1) is 0 Å². The minimum absolute atomic E-state index is 0.698. The van der Waals surface area contributed by atoms with Gasteiger partial charge in [0.25, 0.3) is 0 Å². The van der Waals surface area contributed by atoms with E-state index in [-0.39, 0.29) is 0 Å². The molecule has 0 unspecified atom stereocenters. The van der Waals surface area contributed by atoms with E-state index in [1.165, 1.54) is 0 Å². The molecule has 0 saturated carbocycles. The molecular formula is C12H29NO3Si. The third kappa shape index (κ3) is 5.97. The molecule has 0 radical (unpaired) electrons. The molecule has 0 aliphatic heterocycles. The average Bonchev–Trinajstić information content (AvgIpc) is 2.37. The monoisotopic (exact) mass is 263 g/mol. The Labute approximate surface area is 108 Å². The molecule has 0 spiro atoms. The van der Waals surface area contributed by atoms with Gasteiger partial charge in [0.2, 0.25) is 0 Å². The molecular weight excluding hydrogens is 234 g/mol. The van der Waals surface area contributed by atoms with Crippen LogP contribution in [0.4, 0.5) is 0 Å². The zero-order valence-corrected chi connectivity index (χ0v) is 13.1. The summed E-state index contributed by atoms with van der Waals surface area (Å²) in [5.41, 5.74) is 0. The molecule has 17 heavy (non-hydrogen) atoms. The second kappa shape index (κ2) is 10.0. The van der Waals surface area contributed by atoms with E-state index in [0.717, 1.165) is 25.8 Å². The second-order valence-electron chi connectivity index (χ2n) is 4.08. The van der Waals surface area contributed by atoms with Crippen molar-refractivity contribution in [1.82, 2.24) is 4.57 Å². The number of hydrogen-bond acceptors (Lipinski definition) is 4. The van der Waals surface area contributed by atoms with Crippen LogP contribution in [-0.4, -0.2) is 46.9 Å². The maximum absolute atomic E-state index is 5.96. The van der Waals surface area contributed by atoms with E-state index in [1.807, 2.05) is 7.05 Å². The van der Waals surface area contributed by atoms with Crippen LogP contribution in [0, 0.1) is 0 Å². The van der Waals surface area contributed by atoms with Crippen molar-refractivity contribution in [3.05, 3.63) is 0 Å². The lowest BCUT2D eigenvalue weighted by Crippen LogP contribution is -2.60. The quantitative estimate of drug-likeness (QED) is 0.536. The van der Waals surface area contributed by atoms with Gasteiger partial charge in [-0.15, -0.1) is 0 Å². The van der Waals surface area contributed by atoms with Crippen LogP contribution in [0.25, 0.3) is 0 Å². The van der Waals surface area contributed by atoms with Gasteiger partial charge in [-0.05, 0) is 32.9 Å². The first-order valence-electron chi connectivity index (χ1n) is 6.79. The van der Waals surface area contributed by atoms with Gasteiger partial charge < -0.3 is 13.3 Å². The lowest BCUT2D eigenvalue weighted by molar-refractivity contribution is 0.0152. The molecule has 0 fully saturated rings. The van der Waals surface area contributed by atoms with Gasteiger partial charge in [-0.1, -0.05) is 27.7 Å². The van der Waals surface area contributed by atoms with Crippen LogP contribution in [0.15, 0.2) is 0 Å². The fourth-order valence-electron chi connectivity index (χ4n) is 1.34. The van der Waals surface area contributed by atoms with E-state index in [0.29, 0.717) is 19.8 Å². The van der Waals surface area contributed by atoms with Crippen LogP contribution in [0.5, 0.6) is 0 Å². The summed E-state index contributed by atoms with van der Waals surface area (Å²) in [5.74, 6) is 0. The SMILES string of the molecule is CCCO[Si](OCCC)(OCCC)N(C)CC. The molecule has 0 aromatic heterocycles. The van der Waals surface area contributed by atoms with E-state index >= 15 is 0 Å². The Morgan fingerprint density at radius 1 is 0.765 bits per heavy atom. The molecule has 0 atom stereocenters. The molecule has 104 valence electrons. The van der Waals surface area contributed by atoms with Gasteiger partial charge in [0.1, 0.15) is 0 Å². The summed E-state index contributed by atoms with van der Waals surface area (Å²) in [5, 5.41) is 0. The zero-order chi connectivity index (χ0) is 13.1. The highest BCUT2D eigenvalue weighted by atomic mass is 28.4. The molecule has 0 saturated heterocycles. The van der Waals surface area contributed by atoms with Crippen LogP contribution < -0.4 is 0 Å². The number of nitrogens with zero attached hydrogens (tertiary/aromatic N) is 1. The molecule has 5 heteroatoms. The summed E-state index contributed by atoms with van der Waals surface area (Å²) in [4.78, 5) is 0. The molecule has 0 heterocycles. The Hall–Kier alpha value is 0.0569. The highest BCUT2D eigenvalue weighted by molar-refractivity contribution is 6.57. The second-order valence-corrected chi connectivity index (χ2v) is 6.76. The van der Waals surface area contributed by atoms with Crippen molar-refractivity contribution in [2.75, 3.05) is 33.4 Å². The van der Waals surface area contributed by atoms with Crippen LogP contribution in [0.3, 0.4) is 0 Å². The predicted octanol–water partition coefficient (Wildman–Crippen LogP) is 2.65. The molecule has 0 rings (SSSR count). The summed E-state index contributed by atoms with van der Waals surface area (Å²) >= 11 is 0. The van der Waals surface area contributed by atoms with Gasteiger partial charge in [0.15, 0.2) is 0 Å². The lowest BCUT2D eigenvalue weighted by atomic mass is 10.5. The van der Waals surface area contributed by atoms with Gasteiger partial charge >= 0.3 is 8.97 Å². The largest absolute Gasteiger partial charge is 0.599 e. The number of rotatable bonds is 11. The van der Waals surface area contributed by atoms with Crippen molar-refractivity contribution >= 4 is 8.97 Å². The maximum atomic E-state index is 5.96. The van der Waals surface area contributed by atoms with Crippen molar-refractivity contribution in [2.24, 2.45) is 0 Å². The van der Waals surface area contributed by atoms with E-state index in [9.17, 15) is 0 Å². The van der Waals surface area contributed by atoms with Crippen molar-refractivity contribution in [1.29, 1.82) is 0 Å². The Bertz CT molecular complexity index is 159. The fourth-order valence-corrected chi connectivity index (χ4v) is 4.03. The third-order valence-corrected chi connectivity index (χ3v) is 5.37. The highest BCUT2D eigenvalue weighted by Crippen LogP contribution is 2.15. The molecule has 0 aliphatic rings. The van der Waals surface area contributed by atoms with Crippen molar-refractivity contribution < 1.29 is 13.3 Å². The summed E-state index contributed by atoms with van der Waals surface area (Å²) in [6.07, 6.45) is 2.95. The van der Waals surface area contributed by atoms with Crippen molar-refractivity contribution in [3.63, 3.8) is 0 Å².